The molecule has 2 aromatic rings. The Kier molecular flexibility index (Phi) is 4.86. The maximum absolute atomic E-state index is 14.8. The Bertz CT molecular complexity index is 1040. The van der Waals surface area contributed by atoms with Gasteiger partial charge in [0.2, 0.25) is 5.91 Å². The second-order valence-corrected chi connectivity index (χ2v) is 7.51. The molecule has 0 bridgehead atoms. The van der Waals surface area contributed by atoms with Crippen molar-refractivity contribution in [1.82, 2.24) is 9.88 Å². The Morgan fingerprint density at radius 1 is 1.17 bits per heavy atom. The summed E-state index contributed by atoms with van der Waals surface area (Å²) >= 11 is 0. The van der Waals surface area contributed by atoms with Crippen LogP contribution in [0.3, 0.4) is 0 Å². The average Bonchev–Trinajstić information content (AvgIpc) is 2.67. The molecule has 3 rings (SSSR count). The van der Waals surface area contributed by atoms with Gasteiger partial charge in [0.1, 0.15) is 11.4 Å². The molecule has 1 aliphatic heterocycles. The second-order valence-electron chi connectivity index (χ2n) is 7.51. The molecule has 7 nitrogen and oxygen atoms in total. The molecule has 1 atom stereocenters. The van der Waals surface area contributed by atoms with Gasteiger partial charge in [-0.25, -0.2) is 18.8 Å². The van der Waals surface area contributed by atoms with E-state index >= 15 is 0 Å². The van der Waals surface area contributed by atoms with E-state index in [0.717, 1.165) is 12.1 Å². The normalized spacial score (nSPS) is 21.0. The number of aromatic nitrogens is 1. The lowest BCUT2D eigenvalue weighted by atomic mass is 9.67. The lowest BCUT2D eigenvalue weighted by Gasteiger charge is -2.46. The molecular weight excluding hydrogens is 380 g/mol. The minimum Gasteiger partial charge on any atom is -0.369 e. The predicted molar refractivity (Wildman–Crippen MR) is 104 cm³/mol. The smallest absolute Gasteiger partial charge is 0.277 e. The third-order valence-corrected chi connectivity index (χ3v) is 5.46. The largest absolute Gasteiger partial charge is 0.369 e. The second kappa shape index (κ2) is 6.91. The number of nitrogens with zero attached hydrogens (tertiary/aromatic N) is 3. The number of benzene rings is 1. The predicted octanol–water partition coefficient (Wildman–Crippen LogP) is 2.64. The number of hydrogen-bond acceptors (Lipinski definition) is 5. The van der Waals surface area contributed by atoms with Crippen LogP contribution >= 0.6 is 0 Å². The molecule has 1 aromatic heterocycles. The van der Waals surface area contributed by atoms with Gasteiger partial charge in [-0.2, -0.15) is 0 Å². The van der Waals surface area contributed by atoms with Gasteiger partial charge in [0.05, 0.1) is 5.41 Å². The van der Waals surface area contributed by atoms with Crippen LogP contribution < -0.4 is 11.1 Å². The summed E-state index contributed by atoms with van der Waals surface area (Å²) in [7, 11) is 1.50. The number of nitrogens with two attached hydrogens (primary N) is 1. The summed E-state index contributed by atoms with van der Waals surface area (Å²) < 4.78 is 28.6. The molecule has 0 fully saturated rings. The summed E-state index contributed by atoms with van der Waals surface area (Å²) in [6, 6.07) is 6.33. The fraction of sp³-hybridized carbons (Fsp3) is 0.300. The Morgan fingerprint density at radius 3 is 2.52 bits per heavy atom. The van der Waals surface area contributed by atoms with E-state index < -0.39 is 28.5 Å². The molecule has 0 unspecified atom stereocenters. The van der Waals surface area contributed by atoms with Crippen LogP contribution in [0.1, 0.15) is 36.8 Å². The lowest BCUT2D eigenvalue weighted by molar-refractivity contribution is -0.140. The van der Waals surface area contributed by atoms with Crippen molar-refractivity contribution in [2.24, 2.45) is 16.1 Å². The summed E-state index contributed by atoms with van der Waals surface area (Å²) in [5, 5.41) is 2.50. The van der Waals surface area contributed by atoms with Crippen LogP contribution in [0, 0.1) is 17.0 Å². The summed E-state index contributed by atoms with van der Waals surface area (Å²) in [6.07, 6.45) is 1.29. The number of carbonyl (C=O) groups excluding carboxylic acids is 2. The van der Waals surface area contributed by atoms with E-state index in [9.17, 15) is 18.4 Å². The lowest BCUT2D eigenvalue weighted by Crippen LogP contribution is -2.58. The summed E-state index contributed by atoms with van der Waals surface area (Å²) in [6.45, 7) is 4.90. The van der Waals surface area contributed by atoms with Gasteiger partial charge in [0.25, 0.3) is 5.91 Å². The molecule has 1 aliphatic rings. The van der Waals surface area contributed by atoms with Crippen molar-refractivity contribution in [2.75, 3.05) is 12.4 Å². The molecule has 0 spiro atoms. The average molecular weight is 401 g/mol. The van der Waals surface area contributed by atoms with Crippen LogP contribution in [0.5, 0.6) is 0 Å². The number of halogens is 2. The van der Waals surface area contributed by atoms with Gasteiger partial charge in [-0.05, 0) is 51.1 Å². The van der Waals surface area contributed by atoms with Crippen molar-refractivity contribution in [3.8, 4) is 0 Å². The zero-order valence-corrected chi connectivity index (χ0v) is 16.5. The zero-order valence-electron chi connectivity index (χ0n) is 16.5. The van der Waals surface area contributed by atoms with Gasteiger partial charge in [0, 0.05) is 24.5 Å². The third-order valence-electron chi connectivity index (χ3n) is 5.46. The van der Waals surface area contributed by atoms with E-state index in [-0.39, 0.29) is 28.8 Å². The third kappa shape index (κ3) is 3.22. The first-order valence-corrected chi connectivity index (χ1v) is 8.84. The molecule has 1 aromatic carbocycles. The SMILES string of the molecule is CN1C(=O)C(C)(C)[C@@](C)(c2cc(NC(=O)c3ncccc3F)ccc2F)N=C1N. The number of aliphatic imine (C=N–C) groups is 1. The number of hydrogen-bond donors (Lipinski definition) is 2. The van der Waals surface area contributed by atoms with Crippen molar-refractivity contribution in [1.29, 1.82) is 0 Å². The highest BCUT2D eigenvalue weighted by Gasteiger charge is 2.53. The maximum Gasteiger partial charge on any atom is 0.277 e. The number of rotatable bonds is 3. The number of pyridine rings is 1. The number of carbonyl (C=O) groups is 2. The highest BCUT2D eigenvalue weighted by molar-refractivity contribution is 6.03. The Morgan fingerprint density at radius 2 is 1.86 bits per heavy atom. The molecule has 0 saturated heterocycles. The molecule has 0 aliphatic carbocycles. The first-order valence-electron chi connectivity index (χ1n) is 8.84. The standard InChI is InChI=1S/C20H21F2N5O2/c1-19(2)17(29)27(4)18(23)26-20(19,3)12-10-11(7-8-13(12)21)25-16(28)15-14(22)6-5-9-24-15/h5-10H,1-4H3,(H2,23,26)(H,25,28)/t20-/m1/s1. The van der Waals surface area contributed by atoms with Crippen LogP contribution in [0.25, 0.3) is 0 Å². The van der Waals surface area contributed by atoms with Crippen LogP contribution in [0.2, 0.25) is 0 Å². The van der Waals surface area contributed by atoms with Gasteiger partial charge >= 0.3 is 0 Å². The Balaban J connectivity index is 2.05. The maximum atomic E-state index is 14.8. The van der Waals surface area contributed by atoms with Gasteiger partial charge in [-0.3, -0.25) is 14.5 Å². The highest BCUT2D eigenvalue weighted by atomic mass is 19.1. The fourth-order valence-corrected chi connectivity index (χ4v) is 3.29. The van der Waals surface area contributed by atoms with E-state index in [2.05, 4.69) is 15.3 Å². The number of guanidine groups is 1. The van der Waals surface area contributed by atoms with Crippen molar-refractivity contribution in [2.45, 2.75) is 26.3 Å². The number of amides is 2. The number of nitrogens with one attached hydrogen (secondary N) is 1. The van der Waals surface area contributed by atoms with Crippen LogP contribution in [-0.4, -0.2) is 34.7 Å². The number of anilines is 1. The minimum absolute atomic E-state index is 0.0405. The summed E-state index contributed by atoms with van der Waals surface area (Å²) in [5.41, 5.74) is 3.31. The zero-order chi connectivity index (χ0) is 21.6. The molecule has 29 heavy (non-hydrogen) atoms. The fourth-order valence-electron chi connectivity index (χ4n) is 3.29. The van der Waals surface area contributed by atoms with E-state index in [4.69, 9.17) is 5.73 Å². The minimum atomic E-state index is -1.33. The van der Waals surface area contributed by atoms with Crippen LogP contribution in [-0.2, 0) is 10.3 Å². The molecule has 0 radical (unpaired) electrons. The van der Waals surface area contributed by atoms with Crippen molar-refractivity contribution in [3.05, 3.63) is 59.4 Å². The van der Waals surface area contributed by atoms with Gasteiger partial charge in [-0.15, -0.1) is 0 Å². The molecule has 3 N–H and O–H groups in total. The molecule has 2 amide bonds. The van der Waals surface area contributed by atoms with Gasteiger partial charge in [-0.1, -0.05) is 0 Å². The molecule has 0 saturated carbocycles. The molecule has 9 heteroatoms. The Hall–Kier alpha value is -3.36. The van der Waals surface area contributed by atoms with E-state index in [1.807, 2.05) is 0 Å². The van der Waals surface area contributed by atoms with Crippen LogP contribution in [0.4, 0.5) is 14.5 Å². The van der Waals surface area contributed by atoms with Crippen molar-refractivity contribution in [3.63, 3.8) is 0 Å². The van der Waals surface area contributed by atoms with E-state index in [1.54, 1.807) is 20.8 Å². The monoisotopic (exact) mass is 401 g/mol. The summed E-state index contributed by atoms with van der Waals surface area (Å²) in [5.74, 6) is -2.54. The van der Waals surface area contributed by atoms with Gasteiger partial charge < -0.3 is 11.1 Å². The first kappa shape index (κ1) is 20.4. The highest BCUT2D eigenvalue weighted by Crippen LogP contribution is 2.47. The summed E-state index contributed by atoms with van der Waals surface area (Å²) in [4.78, 5) is 34.4. The van der Waals surface area contributed by atoms with Crippen molar-refractivity contribution < 1.29 is 18.4 Å². The Labute approximate surface area is 166 Å². The van der Waals surface area contributed by atoms with E-state index in [0.29, 0.717) is 0 Å². The van der Waals surface area contributed by atoms with Crippen molar-refractivity contribution >= 4 is 23.5 Å². The molecule has 152 valence electrons. The first-order chi connectivity index (χ1) is 13.5. The molecule has 2 heterocycles. The van der Waals surface area contributed by atoms with Gasteiger partial charge in [0.15, 0.2) is 17.5 Å². The quantitative estimate of drug-likeness (QED) is 0.826. The topological polar surface area (TPSA) is 101 Å². The molecular formula is C20H21F2N5O2. The van der Waals surface area contributed by atoms with Crippen LogP contribution in [0.15, 0.2) is 41.5 Å². The van der Waals surface area contributed by atoms with E-state index in [1.165, 1.54) is 36.3 Å².